The number of aryl methyl sites for hydroxylation is 1. The zero-order valence-electron chi connectivity index (χ0n) is 18.2. The first-order valence-corrected chi connectivity index (χ1v) is 11.3. The minimum absolute atomic E-state index is 0. The normalized spacial score (nSPS) is 13.2. The van der Waals surface area contributed by atoms with Crippen molar-refractivity contribution in [2.45, 2.75) is 32.1 Å². The minimum atomic E-state index is 0. The number of thiophene rings is 1. The summed E-state index contributed by atoms with van der Waals surface area (Å²) >= 11 is 1.85. The summed E-state index contributed by atoms with van der Waals surface area (Å²) in [5.74, 6) is 1.41. The van der Waals surface area contributed by atoms with E-state index >= 15 is 0 Å². The number of carbonyl (C=O) groups excluding carboxylic acids is 1. The van der Waals surface area contributed by atoms with Crippen LogP contribution in [-0.4, -0.2) is 63.2 Å². The van der Waals surface area contributed by atoms with E-state index in [0.717, 1.165) is 50.1 Å². The SMILES string of the molecule is COc1cc2c(cc1OC)C(=O)N(CCCN(C)CCCCc1cccs1)CC2.Cl. The lowest BCUT2D eigenvalue weighted by Crippen LogP contribution is -2.39. The van der Waals surface area contributed by atoms with Crippen molar-refractivity contribution in [2.24, 2.45) is 0 Å². The van der Waals surface area contributed by atoms with E-state index in [-0.39, 0.29) is 18.3 Å². The van der Waals surface area contributed by atoms with E-state index in [1.165, 1.54) is 24.1 Å². The van der Waals surface area contributed by atoms with Crippen LogP contribution < -0.4 is 9.47 Å². The molecule has 1 aliphatic rings. The third-order valence-corrected chi connectivity index (χ3v) is 6.48. The smallest absolute Gasteiger partial charge is 0.254 e. The number of amides is 1. The van der Waals surface area contributed by atoms with Gasteiger partial charge in [0.05, 0.1) is 14.2 Å². The van der Waals surface area contributed by atoms with Crippen molar-refractivity contribution in [1.29, 1.82) is 0 Å². The Bertz CT molecular complexity index is 798. The molecule has 0 atom stereocenters. The Morgan fingerprint density at radius 1 is 1.10 bits per heavy atom. The van der Waals surface area contributed by atoms with Crippen molar-refractivity contribution in [3.05, 3.63) is 45.6 Å². The van der Waals surface area contributed by atoms with Gasteiger partial charge in [-0.3, -0.25) is 4.79 Å². The summed E-state index contributed by atoms with van der Waals surface area (Å²) in [4.78, 5) is 18.7. The fraction of sp³-hybridized carbons (Fsp3) is 0.522. The number of ether oxygens (including phenoxy) is 2. The molecule has 30 heavy (non-hydrogen) atoms. The van der Waals surface area contributed by atoms with Crippen LogP contribution in [-0.2, 0) is 12.8 Å². The molecule has 0 aliphatic carbocycles. The van der Waals surface area contributed by atoms with E-state index in [2.05, 4.69) is 29.5 Å². The van der Waals surface area contributed by atoms with Gasteiger partial charge in [-0.05, 0) is 81.4 Å². The predicted octanol–water partition coefficient (Wildman–Crippen LogP) is 4.53. The number of carbonyl (C=O) groups is 1. The zero-order chi connectivity index (χ0) is 20.6. The molecule has 1 aliphatic heterocycles. The van der Waals surface area contributed by atoms with Crippen LogP contribution in [0.2, 0.25) is 0 Å². The number of halogens is 1. The molecule has 1 aromatic heterocycles. The van der Waals surface area contributed by atoms with E-state index in [9.17, 15) is 4.79 Å². The fourth-order valence-electron chi connectivity index (χ4n) is 3.85. The maximum Gasteiger partial charge on any atom is 0.254 e. The summed E-state index contributed by atoms with van der Waals surface area (Å²) < 4.78 is 10.7. The van der Waals surface area contributed by atoms with E-state index in [0.29, 0.717) is 11.5 Å². The van der Waals surface area contributed by atoms with Gasteiger partial charge in [0.25, 0.3) is 5.91 Å². The molecule has 0 saturated heterocycles. The minimum Gasteiger partial charge on any atom is -0.493 e. The largest absolute Gasteiger partial charge is 0.493 e. The van der Waals surface area contributed by atoms with Crippen molar-refractivity contribution >= 4 is 29.7 Å². The molecule has 0 saturated carbocycles. The Morgan fingerprint density at radius 3 is 2.53 bits per heavy atom. The lowest BCUT2D eigenvalue weighted by atomic mass is 9.98. The summed E-state index contributed by atoms with van der Waals surface area (Å²) in [6.45, 7) is 3.69. The molecule has 1 amide bonds. The Morgan fingerprint density at radius 2 is 1.83 bits per heavy atom. The first-order chi connectivity index (χ1) is 14.1. The molecule has 2 aromatic rings. The number of methoxy groups -OCH3 is 2. The number of hydrogen-bond acceptors (Lipinski definition) is 5. The highest BCUT2D eigenvalue weighted by Gasteiger charge is 2.26. The number of rotatable bonds is 11. The highest BCUT2D eigenvalue weighted by atomic mass is 35.5. The summed E-state index contributed by atoms with van der Waals surface area (Å²) in [5.41, 5.74) is 1.79. The molecule has 0 radical (unpaired) electrons. The van der Waals surface area contributed by atoms with Crippen LogP contribution in [0.5, 0.6) is 11.5 Å². The molecular formula is C23H33ClN2O3S. The number of fused-ring (bicyclic) bond motifs is 1. The summed E-state index contributed by atoms with van der Waals surface area (Å²) in [5, 5.41) is 2.15. The molecule has 0 N–H and O–H groups in total. The van der Waals surface area contributed by atoms with Crippen LogP contribution in [0, 0.1) is 0 Å². The van der Waals surface area contributed by atoms with Crippen LogP contribution in [0.3, 0.4) is 0 Å². The first kappa shape index (κ1) is 24.5. The van der Waals surface area contributed by atoms with Gasteiger partial charge >= 0.3 is 0 Å². The molecule has 0 fully saturated rings. The second kappa shape index (κ2) is 12.2. The van der Waals surface area contributed by atoms with Crippen molar-refractivity contribution in [2.75, 3.05) is 47.4 Å². The molecule has 0 unspecified atom stereocenters. The molecule has 166 valence electrons. The number of unbranched alkanes of at least 4 members (excludes halogenated alkanes) is 1. The van der Waals surface area contributed by atoms with Crippen molar-refractivity contribution < 1.29 is 14.3 Å². The van der Waals surface area contributed by atoms with Gasteiger partial charge in [0.2, 0.25) is 0 Å². The van der Waals surface area contributed by atoms with Gasteiger partial charge in [-0.1, -0.05) is 6.07 Å². The maximum atomic E-state index is 12.9. The van der Waals surface area contributed by atoms with Crippen molar-refractivity contribution in [1.82, 2.24) is 9.80 Å². The number of nitrogens with zero attached hydrogens (tertiary/aromatic N) is 2. The average Bonchev–Trinajstić information content (AvgIpc) is 3.25. The van der Waals surface area contributed by atoms with E-state index in [1.807, 2.05) is 28.4 Å². The summed E-state index contributed by atoms with van der Waals surface area (Å²) in [6.07, 6.45) is 5.49. The van der Waals surface area contributed by atoms with Crippen LogP contribution >= 0.6 is 23.7 Å². The van der Waals surface area contributed by atoms with Crippen LogP contribution in [0.1, 0.15) is 40.1 Å². The lowest BCUT2D eigenvalue weighted by Gasteiger charge is -2.30. The van der Waals surface area contributed by atoms with Crippen LogP contribution in [0.15, 0.2) is 29.6 Å². The lowest BCUT2D eigenvalue weighted by molar-refractivity contribution is 0.0732. The predicted molar refractivity (Wildman–Crippen MR) is 126 cm³/mol. The van der Waals surface area contributed by atoms with E-state index < -0.39 is 0 Å². The van der Waals surface area contributed by atoms with Crippen molar-refractivity contribution in [3.63, 3.8) is 0 Å². The van der Waals surface area contributed by atoms with Crippen molar-refractivity contribution in [3.8, 4) is 11.5 Å². The highest BCUT2D eigenvalue weighted by Crippen LogP contribution is 2.33. The molecule has 2 heterocycles. The average molecular weight is 453 g/mol. The van der Waals surface area contributed by atoms with Gasteiger partial charge in [0.15, 0.2) is 11.5 Å². The molecule has 3 rings (SSSR count). The Kier molecular flexibility index (Phi) is 9.95. The Balaban J connectivity index is 0.00000320. The summed E-state index contributed by atoms with van der Waals surface area (Å²) in [6, 6.07) is 8.10. The monoisotopic (exact) mass is 452 g/mol. The molecule has 7 heteroatoms. The fourth-order valence-corrected chi connectivity index (χ4v) is 4.60. The second-order valence-electron chi connectivity index (χ2n) is 7.60. The summed E-state index contributed by atoms with van der Waals surface area (Å²) in [7, 11) is 5.40. The van der Waals surface area contributed by atoms with Crippen LogP contribution in [0.25, 0.3) is 0 Å². The topological polar surface area (TPSA) is 42.0 Å². The Hall–Kier alpha value is -1.76. The molecule has 5 nitrogen and oxygen atoms in total. The highest BCUT2D eigenvalue weighted by molar-refractivity contribution is 7.09. The Labute approximate surface area is 190 Å². The van der Waals surface area contributed by atoms with E-state index in [4.69, 9.17) is 9.47 Å². The quantitative estimate of drug-likeness (QED) is 0.470. The number of benzene rings is 1. The maximum absolute atomic E-state index is 12.9. The second-order valence-corrected chi connectivity index (χ2v) is 8.63. The third-order valence-electron chi connectivity index (χ3n) is 5.54. The van der Waals surface area contributed by atoms with Gasteiger partial charge < -0.3 is 19.3 Å². The van der Waals surface area contributed by atoms with Gasteiger partial charge in [-0.25, -0.2) is 0 Å². The van der Waals surface area contributed by atoms with Crippen LogP contribution in [0.4, 0.5) is 0 Å². The molecule has 1 aromatic carbocycles. The standard InChI is InChI=1S/C23H32N2O3S.ClH/c1-24(11-5-4-8-19-9-6-15-29-19)12-7-13-25-14-10-18-16-21(27-2)22(28-3)17-20(18)23(25)26;/h6,9,15-17H,4-5,7-8,10-14H2,1-3H3;1H. The zero-order valence-corrected chi connectivity index (χ0v) is 19.8. The third kappa shape index (κ3) is 6.37. The molecule has 0 bridgehead atoms. The van der Waals surface area contributed by atoms with E-state index in [1.54, 1.807) is 14.2 Å². The molecule has 0 spiro atoms. The van der Waals surface area contributed by atoms with Gasteiger partial charge in [-0.15, -0.1) is 23.7 Å². The van der Waals surface area contributed by atoms with Gasteiger partial charge in [0.1, 0.15) is 0 Å². The molecular weight excluding hydrogens is 420 g/mol. The van der Waals surface area contributed by atoms with Gasteiger partial charge in [-0.2, -0.15) is 0 Å². The van der Waals surface area contributed by atoms with Gasteiger partial charge in [0, 0.05) is 23.5 Å². The number of hydrogen-bond donors (Lipinski definition) is 0. The first-order valence-electron chi connectivity index (χ1n) is 10.4.